The van der Waals surface area contributed by atoms with E-state index in [2.05, 4.69) is 4.98 Å². The number of hydrogen-bond acceptors (Lipinski definition) is 6. The van der Waals surface area contributed by atoms with E-state index in [4.69, 9.17) is 4.74 Å². The summed E-state index contributed by atoms with van der Waals surface area (Å²) in [6.45, 7) is 0.637. The van der Waals surface area contributed by atoms with Crippen LogP contribution in [0.1, 0.15) is 22.7 Å². The third-order valence-corrected chi connectivity index (χ3v) is 6.47. The molecule has 27 heavy (non-hydrogen) atoms. The number of pyridine rings is 1. The van der Waals surface area contributed by atoms with Gasteiger partial charge in [0.1, 0.15) is 6.04 Å². The fourth-order valence-electron chi connectivity index (χ4n) is 3.12. The maximum Gasteiger partial charge on any atom is 0.233 e. The van der Waals surface area contributed by atoms with Crippen molar-refractivity contribution in [2.75, 3.05) is 19.4 Å². The quantitative estimate of drug-likeness (QED) is 0.435. The van der Waals surface area contributed by atoms with Gasteiger partial charge in [-0.2, -0.15) is 4.31 Å². The Morgan fingerprint density at radius 2 is 2.04 bits per heavy atom. The molecule has 1 aliphatic rings. The molecule has 0 radical (unpaired) electrons. The van der Waals surface area contributed by atoms with Crippen LogP contribution in [0.4, 0.5) is 0 Å². The molecule has 0 aliphatic carbocycles. The number of hydrogen-bond donors (Lipinski definition) is 1. The molecule has 3 rings (SSSR count). The van der Waals surface area contributed by atoms with Gasteiger partial charge in [0.15, 0.2) is 0 Å². The number of aromatic nitrogens is 1. The molecule has 2 heterocycles. The van der Waals surface area contributed by atoms with Gasteiger partial charge in [-0.15, -0.1) is 0 Å². The van der Waals surface area contributed by atoms with Crippen LogP contribution in [0.3, 0.4) is 0 Å². The third-order valence-electron chi connectivity index (χ3n) is 4.64. The number of sulfonamides is 1. The number of ether oxygens (including phenoxy) is 1. The summed E-state index contributed by atoms with van der Waals surface area (Å²) in [6, 6.07) is 9.77. The first-order chi connectivity index (χ1) is 12.9. The average Bonchev–Trinajstić information content (AvgIpc) is 2.71. The number of rotatable bonds is 7. The van der Waals surface area contributed by atoms with Crippen LogP contribution in [-0.4, -0.2) is 53.8 Å². The number of benzene rings is 1. The monoisotopic (exact) mass is 391 g/mol. The number of carbonyl (C=O) groups is 1. The fraction of sp³-hybridized carbons (Fsp3) is 0.333. The van der Waals surface area contributed by atoms with E-state index in [9.17, 15) is 18.4 Å². The molecule has 9 heteroatoms. The van der Waals surface area contributed by atoms with Crippen molar-refractivity contribution in [3.8, 4) is 5.88 Å². The van der Waals surface area contributed by atoms with Crippen molar-refractivity contribution < 1.29 is 23.2 Å². The summed E-state index contributed by atoms with van der Waals surface area (Å²) in [5.74, 6) is -0.0955. The van der Waals surface area contributed by atoms with Gasteiger partial charge < -0.3 is 4.74 Å². The largest absolute Gasteiger partial charge is 0.481 e. The summed E-state index contributed by atoms with van der Waals surface area (Å²) in [7, 11) is -2.27. The smallest absolute Gasteiger partial charge is 0.233 e. The molecule has 144 valence electrons. The second-order valence-electron chi connectivity index (χ2n) is 6.27. The SMILES string of the molecule is COc1ccc(C(CS(=O)(=O)N2CCc3ccccc3C2)N(O)C=O)cn1. The van der Waals surface area contributed by atoms with Crippen LogP contribution in [0, 0.1) is 0 Å². The van der Waals surface area contributed by atoms with E-state index in [0.717, 1.165) is 11.1 Å². The Labute approximate surface area is 158 Å². The van der Waals surface area contributed by atoms with Crippen LogP contribution in [0.2, 0.25) is 0 Å². The molecule has 1 amide bonds. The van der Waals surface area contributed by atoms with Gasteiger partial charge in [0.25, 0.3) is 0 Å². The van der Waals surface area contributed by atoms with Gasteiger partial charge in [-0.25, -0.2) is 18.5 Å². The minimum absolute atomic E-state index is 0.190. The maximum atomic E-state index is 12.9. The van der Waals surface area contributed by atoms with E-state index in [1.54, 1.807) is 12.1 Å². The van der Waals surface area contributed by atoms with Gasteiger partial charge in [0.05, 0.1) is 12.9 Å². The minimum Gasteiger partial charge on any atom is -0.481 e. The Morgan fingerprint density at radius 3 is 2.67 bits per heavy atom. The van der Waals surface area contributed by atoms with Crippen molar-refractivity contribution in [3.05, 3.63) is 59.3 Å². The Hall–Kier alpha value is -2.49. The van der Waals surface area contributed by atoms with Crippen molar-refractivity contribution >= 4 is 16.4 Å². The van der Waals surface area contributed by atoms with Gasteiger partial charge in [-0.1, -0.05) is 24.3 Å². The molecule has 0 saturated heterocycles. The van der Waals surface area contributed by atoms with Crippen LogP contribution in [0.5, 0.6) is 5.88 Å². The lowest BCUT2D eigenvalue weighted by Gasteiger charge is -2.30. The second-order valence-corrected chi connectivity index (χ2v) is 8.28. The normalized spacial score (nSPS) is 15.6. The minimum atomic E-state index is -3.73. The number of carbonyl (C=O) groups excluding carboxylic acids is 1. The zero-order valence-corrected chi connectivity index (χ0v) is 15.7. The zero-order valence-electron chi connectivity index (χ0n) is 14.9. The first-order valence-corrected chi connectivity index (χ1v) is 10.0. The lowest BCUT2D eigenvalue weighted by molar-refractivity contribution is -0.159. The van der Waals surface area contributed by atoms with Gasteiger partial charge in [-0.3, -0.25) is 10.0 Å². The summed E-state index contributed by atoms with van der Waals surface area (Å²) in [6.07, 6.45) is 2.20. The van der Waals surface area contributed by atoms with E-state index in [0.29, 0.717) is 29.5 Å². The van der Waals surface area contributed by atoms with Gasteiger partial charge in [-0.05, 0) is 29.2 Å². The summed E-state index contributed by atoms with van der Waals surface area (Å²) in [5, 5.41) is 10.3. The third kappa shape index (κ3) is 4.26. The average molecular weight is 391 g/mol. The van der Waals surface area contributed by atoms with Crippen LogP contribution < -0.4 is 4.74 Å². The highest BCUT2D eigenvalue weighted by atomic mass is 32.2. The number of methoxy groups -OCH3 is 1. The van der Waals surface area contributed by atoms with Gasteiger partial charge in [0.2, 0.25) is 22.3 Å². The first-order valence-electron chi connectivity index (χ1n) is 8.41. The molecule has 1 atom stereocenters. The summed E-state index contributed by atoms with van der Waals surface area (Å²) >= 11 is 0. The molecule has 1 N–H and O–H groups in total. The number of fused-ring (bicyclic) bond motifs is 1. The van der Waals surface area contributed by atoms with E-state index < -0.39 is 21.8 Å². The molecule has 0 fully saturated rings. The molecular weight excluding hydrogens is 370 g/mol. The molecule has 8 nitrogen and oxygen atoms in total. The van der Waals surface area contributed by atoms with Crippen LogP contribution in [0.15, 0.2) is 42.6 Å². The second kappa shape index (κ2) is 8.03. The van der Waals surface area contributed by atoms with E-state index >= 15 is 0 Å². The lowest BCUT2D eigenvalue weighted by Crippen LogP contribution is -2.41. The van der Waals surface area contributed by atoms with Crippen molar-refractivity contribution in [1.29, 1.82) is 0 Å². The lowest BCUT2D eigenvalue weighted by atomic mass is 10.0. The van der Waals surface area contributed by atoms with Crippen LogP contribution >= 0.6 is 0 Å². The van der Waals surface area contributed by atoms with E-state index in [-0.39, 0.29) is 13.0 Å². The van der Waals surface area contributed by atoms with Crippen molar-refractivity contribution in [2.45, 2.75) is 19.0 Å². The standard InChI is InChI=1S/C18H21N3O5S/c1-26-18-7-6-15(10-19-18)17(21(23)13-22)12-27(24,25)20-9-8-14-4-2-3-5-16(14)11-20/h2-7,10,13,17,23H,8-9,11-12H2,1H3. The molecule has 0 saturated carbocycles. The molecule has 1 aliphatic heterocycles. The molecule has 0 spiro atoms. The molecule has 1 aromatic carbocycles. The number of nitrogens with zero attached hydrogens (tertiary/aromatic N) is 3. The summed E-state index contributed by atoms with van der Waals surface area (Å²) < 4.78 is 32.3. The predicted octanol–water partition coefficient (Wildman–Crippen LogP) is 1.37. The maximum absolute atomic E-state index is 12.9. The predicted molar refractivity (Wildman–Crippen MR) is 97.6 cm³/mol. The molecule has 0 bridgehead atoms. The summed E-state index contributed by atoms with van der Waals surface area (Å²) in [5.41, 5.74) is 2.49. The zero-order chi connectivity index (χ0) is 19.4. The summed E-state index contributed by atoms with van der Waals surface area (Å²) in [4.78, 5) is 15.1. The Bertz CT molecular complexity index is 901. The fourth-order valence-corrected chi connectivity index (χ4v) is 4.78. The Balaban J connectivity index is 1.83. The van der Waals surface area contributed by atoms with Gasteiger partial charge >= 0.3 is 0 Å². The highest BCUT2D eigenvalue weighted by Crippen LogP contribution is 2.26. The van der Waals surface area contributed by atoms with Gasteiger partial charge in [0, 0.05) is 25.4 Å². The molecule has 1 aromatic heterocycles. The van der Waals surface area contributed by atoms with Crippen molar-refractivity contribution in [3.63, 3.8) is 0 Å². The highest BCUT2D eigenvalue weighted by Gasteiger charge is 2.32. The van der Waals surface area contributed by atoms with E-state index in [1.165, 1.54) is 17.6 Å². The molecule has 2 aromatic rings. The Morgan fingerprint density at radius 1 is 1.30 bits per heavy atom. The topological polar surface area (TPSA) is 100 Å². The number of amides is 1. The first kappa shape index (κ1) is 19.3. The molecule has 1 unspecified atom stereocenters. The molecular formula is C18H21N3O5S. The van der Waals surface area contributed by atoms with Crippen molar-refractivity contribution in [1.82, 2.24) is 14.4 Å². The van der Waals surface area contributed by atoms with Crippen molar-refractivity contribution in [2.24, 2.45) is 0 Å². The van der Waals surface area contributed by atoms with Crippen LogP contribution in [0.25, 0.3) is 0 Å². The van der Waals surface area contributed by atoms with E-state index in [1.807, 2.05) is 24.3 Å². The van der Waals surface area contributed by atoms with Crippen LogP contribution in [-0.2, 0) is 27.8 Å². The Kier molecular flexibility index (Phi) is 5.73. The highest BCUT2D eigenvalue weighted by molar-refractivity contribution is 7.89. The number of hydroxylamine groups is 2.